The number of aryl methyl sites for hydroxylation is 1. The summed E-state index contributed by atoms with van der Waals surface area (Å²) in [6.45, 7) is 10.4. The number of carbonyl (C=O) groups is 1. The summed E-state index contributed by atoms with van der Waals surface area (Å²) in [5.74, 6) is 0.133. The third-order valence-electron chi connectivity index (χ3n) is 6.18. The van der Waals surface area contributed by atoms with Gasteiger partial charge >= 0.3 is 0 Å². The Labute approximate surface area is 138 Å². The van der Waals surface area contributed by atoms with E-state index in [9.17, 15) is 15.0 Å². The van der Waals surface area contributed by atoms with Gasteiger partial charge in [0, 0.05) is 17.5 Å². The van der Waals surface area contributed by atoms with E-state index in [1.165, 1.54) is 0 Å². The fraction of sp³-hybridized carbons (Fsp3) is 0.550. The van der Waals surface area contributed by atoms with Gasteiger partial charge < -0.3 is 10.2 Å². The van der Waals surface area contributed by atoms with Gasteiger partial charge in [-0.25, -0.2) is 0 Å². The highest BCUT2D eigenvalue weighted by molar-refractivity contribution is 6.02. The molecule has 1 atom stereocenters. The van der Waals surface area contributed by atoms with Crippen molar-refractivity contribution in [3.63, 3.8) is 0 Å². The van der Waals surface area contributed by atoms with Crippen LogP contribution < -0.4 is 0 Å². The van der Waals surface area contributed by atoms with Crippen LogP contribution in [0, 0.1) is 10.8 Å². The smallest absolute Gasteiger partial charge is 0.165 e. The van der Waals surface area contributed by atoms with Crippen LogP contribution in [0.5, 0.6) is 11.5 Å². The van der Waals surface area contributed by atoms with Gasteiger partial charge in [0.25, 0.3) is 0 Å². The molecule has 0 bridgehead atoms. The molecule has 1 aromatic rings. The molecule has 3 rings (SSSR count). The third-order valence-corrected chi connectivity index (χ3v) is 6.18. The Bertz CT molecular complexity index is 725. The Morgan fingerprint density at radius 3 is 2.39 bits per heavy atom. The van der Waals surface area contributed by atoms with Crippen molar-refractivity contribution in [2.75, 3.05) is 0 Å². The SMILES string of the molecule is CC(C)c1cc2c(c(O)c1O)C1=CC(=O)CC(C)(C)C1(C)CC2. The standard InChI is InChI=1S/C20H26O3/c1-11(2)14-8-12-6-7-20(5)15(16(12)18(23)17(14)22)9-13(21)10-19(20,3)4/h8-9,11,22-23H,6-7,10H2,1-5H3. The lowest BCUT2D eigenvalue weighted by atomic mass is 9.52. The third kappa shape index (κ3) is 2.13. The number of allylic oxidation sites excluding steroid dienone is 2. The fourth-order valence-electron chi connectivity index (χ4n) is 4.25. The van der Waals surface area contributed by atoms with Gasteiger partial charge in [-0.3, -0.25) is 4.79 Å². The Kier molecular flexibility index (Phi) is 3.40. The average Bonchev–Trinajstić information content (AvgIpc) is 2.43. The Morgan fingerprint density at radius 1 is 1.13 bits per heavy atom. The van der Waals surface area contributed by atoms with Crippen LogP contribution in [-0.2, 0) is 11.2 Å². The molecule has 3 nitrogen and oxygen atoms in total. The number of rotatable bonds is 1. The van der Waals surface area contributed by atoms with Crippen LogP contribution in [0.15, 0.2) is 12.1 Å². The van der Waals surface area contributed by atoms with Gasteiger partial charge in [-0.1, -0.05) is 40.7 Å². The molecule has 0 spiro atoms. The Hall–Kier alpha value is -1.77. The van der Waals surface area contributed by atoms with Crippen molar-refractivity contribution in [2.24, 2.45) is 10.8 Å². The highest BCUT2D eigenvalue weighted by atomic mass is 16.3. The van der Waals surface area contributed by atoms with Gasteiger partial charge in [-0.2, -0.15) is 0 Å². The molecule has 1 unspecified atom stereocenters. The van der Waals surface area contributed by atoms with E-state index in [4.69, 9.17) is 0 Å². The van der Waals surface area contributed by atoms with E-state index in [1.807, 2.05) is 19.9 Å². The summed E-state index contributed by atoms with van der Waals surface area (Å²) in [4.78, 5) is 12.2. The topological polar surface area (TPSA) is 57.5 Å². The summed E-state index contributed by atoms with van der Waals surface area (Å²) in [5.41, 5.74) is 3.05. The Morgan fingerprint density at radius 2 is 1.78 bits per heavy atom. The van der Waals surface area contributed by atoms with E-state index in [1.54, 1.807) is 6.08 Å². The molecular weight excluding hydrogens is 288 g/mol. The minimum absolute atomic E-state index is 0.0419. The molecule has 1 aromatic carbocycles. The second-order valence-electron chi connectivity index (χ2n) is 8.27. The van der Waals surface area contributed by atoms with Crippen LogP contribution >= 0.6 is 0 Å². The summed E-state index contributed by atoms with van der Waals surface area (Å²) in [6.07, 6.45) is 4.03. The predicted octanol–water partition coefficient (Wildman–Crippen LogP) is 4.56. The maximum atomic E-state index is 12.2. The molecule has 0 radical (unpaired) electrons. The van der Waals surface area contributed by atoms with Gasteiger partial charge in [-0.15, -0.1) is 0 Å². The summed E-state index contributed by atoms with van der Waals surface area (Å²) < 4.78 is 0. The summed E-state index contributed by atoms with van der Waals surface area (Å²) in [5, 5.41) is 21.1. The van der Waals surface area contributed by atoms with Crippen molar-refractivity contribution in [1.82, 2.24) is 0 Å². The van der Waals surface area contributed by atoms with Gasteiger partial charge in [0.1, 0.15) is 0 Å². The summed E-state index contributed by atoms with van der Waals surface area (Å²) in [7, 11) is 0. The first-order valence-corrected chi connectivity index (χ1v) is 8.41. The molecule has 3 heteroatoms. The number of phenols is 2. The zero-order valence-electron chi connectivity index (χ0n) is 14.7. The molecule has 23 heavy (non-hydrogen) atoms. The van der Waals surface area contributed by atoms with Crippen molar-refractivity contribution < 1.29 is 15.0 Å². The highest BCUT2D eigenvalue weighted by Gasteiger charge is 2.50. The van der Waals surface area contributed by atoms with E-state index in [0.717, 1.165) is 29.5 Å². The van der Waals surface area contributed by atoms with E-state index in [-0.39, 0.29) is 34.0 Å². The molecule has 0 fully saturated rings. The zero-order valence-corrected chi connectivity index (χ0v) is 14.7. The van der Waals surface area contributed by atoms with Crippen LogP contribution in [-0.4, -0.2) is 16.0 Å². The number of ketones is 1. The first-order chi connectivity index (χ1) is 10.6. The number of phenolic OH excluding ortho intramolecular Hbond substituents is 2. The van der Waals surface area contributed by atoms with Crippen LogP contribution in [0.3, 0.4) is 0 Å². The number of hydrogen-bond acceptors (Lipinski definition) is 3. The van der Waals surface area contributed by atoms with E-state index in [2.05, 4.69) is 20.8 Å². The first-order valence-electron chi connectivity index (χ1n) is 8.41. The highest BCUT2D eigenvalue weighted by Crippen LogP contribution is 2.61. The molecule has 2 N–H and O–H groups in total. The first kappa shape index (κ1) is 16.1. The van der Waals surface area contributed by atoms with E-state index < -0.39 is 0 Å². The summed E-state index contributed by atoms with van der Waals surface area (Å²) in [6, 6.07) is 2.00. The van der Waals surface area contributed by atoms with Gasteiger partial charge in [0.05, 0.1) is 0 Å². The van der Waals surface area contributed by atoms with Crippen LogP contribution in [0.1, 0.15) is 70.1 Å². The maximum Gasteiger partial charge on any atom is 0.165 e. The second kappa shape index (κ2) is 4.86. The lowest BCUT2D eigenvalue weighted by Gasteiger charge is -2.51. The van der Waals surface area contributed by atoms with Crippen molar-refractivity contribution in [2.45, 2.75) is 59.8 Å². The number of hydrogen-bond donors (Lipinski definition) is 2. The maximum absolute atomic E-state index is 12.2. The van der Waals surface area contributed by atoms with Gasteiger partial charge in [0.15, 0.2) is 17.3 Å². The number of benzene rings is 1. The second-order valence-corrected chi connectivity index (χ2v) is 8.27. The molecule has 124 valence electrons. The number of aromatic hydroxyl groups is 2. The molecule has 0 saturated heterocycles. The minimum Gasteiger partial charge on any atom is -0.504 e. The van der Waals surface area contributed by atoms with Crippen LogP contribution in [0.2, 0.25) is 0 Å². The minimum atomic E-state index is -0.169. The van der Waals surface area contributed by atoms with Crippen molar-refractivity contribution in [3.8, 4) is 11.5 Å². The molecular formula is C20H26O3. The lowest BCUT2D eigenvalue weighted by molar-refractivity contribution is -0.118. The molecule has 0 heterocycles. The van der Waals surface area contributed by atoms with Crippen molar-refractivity contribution in [3.05, 3.63) is 28.8 Å². The largest absolute Gasteiger partial charge is 0.504 e. The molecule has 0 saturated carbocycles. The summed E-state index contributed by atoms with van der Waals surface area (Å²) >= 11 is 0. The zero-order chi connectivity index (χ0) is 17.2. The lowest BCUT2D eigenvalue weighted by Crippen LogP contribution is -2.43. The molecule has 2 aliphatic rings. The van der Waals surface area contributed by atoms with Gasteiger partial charge in [-0.05, 0) is 46.8 Å². The molecule has 0 aromatic heterocycles. The van der Waals surface area contributed by atoms with E-state index >= 15 is 0 Å². The normalized spacial score (nSPS) is 25.8. The number of carbonyl (C=O) groups excluding carboxylic acids is 1. The molecule has 2 aliphatic carbocycles. The number of fused-ring (bicyclic) bond motifs is 3. The molecule has 0 aliphatic heterocycles. The van der Waals surface area contributed by atoms with Gasteiger partial charge in [0.2, 0.25) is 0 Å². The quantitative estimate of drug-likeness (QED) is 0.747. The molecule has 0 amide bonds. The van der Waals surface area contributed by atoms with Crippen LogP contribution in [0.25, 0.3) is 5.57 Å². The average molecular weight is 314 g/mol. The van der Waals surface area contributed by atoms with Crippen LogP contribution in [0.4, 0.5) is 0 Å². The monoisotopic (exact) mass is 314 g/mol. The van der Waals surface area contributed by atoms with E-state index in [0.29, 0.717) is 12.0 Å². The predicted molar refractivity (Wildman–Crippen MR) is 91.7 cm³/mol. The van der Waals surface area contributed by atoms with Crippen molar-refractivity contribution in [1.29, 1.82) is 0 Å². The van der Waals surface area contributed by atoms with Crippen molar-refractivity contribution >= 4 is 11.4 Å². The Balaban J connectivity index is 2.29. The fourth-order valence-corrected chi connectivity index (χ4v) is 4.25.